The van der Waals surface area contributed by atoms with Gasteiger partial charge in [0.15, 0.2) is 0 Å². The van der Waals surface area contributed by atoms with Crippen LogP contribution in [0.3, 0.4) is 0 Å². The molecule has 0 aromatic carbocycles. The molecule has 0 amide bonds. The van der Waals surface area contributed by atoms with Gasteiger partial charge in [-0.25, -0.2) is 0 Å². The smallest absolute Gasteiger partial charge is 0.323 e. The first-order chi connectivity index (χ1) is 7.22. The second-order valence-corrected chi connectivity index (χ2v) is 5.15. The third-order valence-electron chi connectivity index (χ3n) is 3.69. The Labute approximate surface area is 99.0 Å². The topological polar surface area (TPSA) is 52.6 Å². The van der Waals surface area contributed by atoms with E-state index >= 15 is 0 Å². The van der Waals surface area contributed by atoms with Crippen LogP contribution in [0, 0.1) is 0 Å². The molecule has 2 N–H and O–H groups in total. The molecule has 0 heterocycles. The highest BCUT2D eigenvalue weighted by Gasteiger charge is 2.36. The zero-order valence-corrected chi connectivity index (χ0v) is 11.4. The summed E-state index contributed by atoms with van der Waals surface area (Å²) in [6.45, 7) is 8.67. The molecule has 0 aliphatic rings. The Kier molecular flexibility index (Phi) is 5.42. The molecule has 0 fully saturated rings. The number of likely N-dealkylation sites (N-methyl/N-ethyl adjacent to an activating group) is 1. The van der Waals surface area contributed by atoms with Gasteiger partial charge in [-0.1, -0.05) is 13.8 Å². The third-order valence-corrected chi connectivity index (χ3v) is 3.69. The summed E-state index contributed by atoms with van der Waals surface area (Å²) in [5, 5.41) is 12.5. The average molecular weight is 230 g/mol. The number of nitrogens with one attached hydrogen (secondary N) is 1. The highest BCUT2D eigenvalue weighted by atomic mass is 16.4. The van der Waals surface area contributed by atoms with Crippen LogP contribution in [0.25, 0.3) is 0 Å². The number of aliphatic carboxylic acids is 1. The number of hydrogen-bond donors (Lipinski definition) is 2. The predicted molar refractivity (Wildman–Crippen MR) is 66.7 cm³/mol. The van der Waals surface area contributed by atoms with Crippen molar-refractivity contribution in [1.29, 1.82) is 0 Å². The normalized spacial score (nSPS) is 13.2. The standard InChI is InChI=1S/C12H26N2O2/c1-7-12(8-2,10(15)16)13-9-11(3,4)14(5)6/h13H,7-9H2,1-6H3,(H,15,16). The summed E-state index contributed by atoms with van der Waals surface area (Å²) in [5.74, 6) is -0.757. The molecule has 0 aliphatic heterocycles. The highest BCUT2D eigenvalue weighted by molar-refractivity contribution is 5.78. The van der Waals surface area contributed by atoms with E-state index in [1.165, 1.54) is 0 Å². The molecule has 96 valence electrons. The van der Waals surface area contributed by atoms with Gasteiger partial charge in [0.05, 0.1) is 0 Å². The molecule has 0 saturated heterocycles. The summed E-state index contributed by atoms with van der Waals surface area (Å²) in [6, 6.07) is 0. The number of rotatable bonds is 7. The lowest BCUT2D eigenvalue weighted by Gasteiger charge is -2.37. The maximum Gasteiger partial charge on any atom is 0.323 e. The Bertz CT molecular complexity index is 233. The van der Waals surface area contributed by atoms with Gasteiger partial charge in [-0.15, -0.1) is 0 Å². The van der Waals surface area contributed by atoms with Crippen molar-refractivity contribution in [2.75, 3.05) is 20.6 Å². The van der Waals surface area contributed by atoms with Crippen molar-refractivity contribution in [1.82, 2.24) is 10.2 Å². The Morgan fingerprint density at radius 1 is 1.25 bits per heavy atom. The molecular formula is C12H26N2O2. The van der Waals surface area contributed by atoms with Gasteiger partial charge in [-0.05, 0) is 40.8 Å². The average Bonchev–Trinajstić information content (AvgIpc) is 2.19. The molecule has 0 aliphatic carbocycles. The van der Waals surface area contributed by atoms with Crippen LogP contribution < -0.4 is 5.32 Å². The van der Waals surface area contributed by atoms with Crippen LogP contribution in [0.15, 0.2) is 0 Å². The van der Waals surface area contributed by atoms with Gasteiger partial charge in [0.25, 0.3) is 0 Å². The molecule has 0 atom stereocenters. The summed E-state index contributed by atoms with van der Waals surface area (Å²) in [6.07, 6.45) is 1.20. The molecule has 0 saturated carbocycles. The van der Waals surface area contributed by atoms with Gasteiger partial charge in [-0.3, -0.25) is 4.79 Å². The van der Waals surface area contributed by atoms with E-state index in [1.54, 1.807) is 0 Å². The monoisotopic (exact) mass is 230 g/mol. The molecular weight excluding hydrogens is 204 g/mol. The lowest BCUT2D eigenvalue weighted by Crippen LogP contribution is -2.57. The first-order valence-electron chi connectivity index (χ1n) is 5.87. The Morgan fingerprint density at radius 3 is 1.94 bits per heavy atom. The van der Waals surface area contributed by atoms with Crippen molar-refractivity contribution in [3.63, 3.8) is 0 Å². The quantitative estimate of drug-likeness (QED) is 0.697. The fourth-order valence-corrected chi connectivity index (χ4v) is 1.42. The van der Waals surface area contributed by atoms with Crippen LogP contribution in [-0.2, 0) is 4.79 Å². The van der Waals surface area contributed by atoms with Crippen LogP contribution in [0.2, 0.25) is 0 Å². The zero-order valence-electron chi connectivity index (χ0n) is 11.4. The van der Waals surface area contributed by atoms with Crippen molar-refractivity contribution in [2.24, 2.45) is 0 Å². The lowest BCUT2D eigenvalue weighted by atomic mass is 9.91. The van der Waals surface area contributed by atoms with Gasteiger partial charge < -0.3 is 15.3 Å². The second kappa shape index (κ2) is 5.64. The van der Waals surface area contributed by atoms with E-state index < -0.39 is 11.5 Å². The minimum absolute atomic E-state index is 0.0506. The second-order valence-electron chi connectivity index (χ2n) is 5.15. The van der Waals surface area contributed by atoms with E-state index in [4.69, 9.17) is 0 Å². The number of carboxylic acids is 1. The minimum Gasteiger partial charge on any atom is -0.480 e. The molecule has 0 radical (unpaired) electrons. The van der Waals surface area contributed by atoms with E-state index in [1.807, 2.05) is 27.9 Å². The number of carbonyl (C=O) groups is 1. The molecule has 4 heteroatoms. The highest BCUT2D eigenvalue weighted by Crippen LogP contribution is 2.18. The van der Waals surface area contributed by atoms with Crippen molar-refractivity contribution >= 4 is 5.97 Å². The van der Waals surface area contributed by atoms with Crippen LogP contribution in [-0.4, -0.2) is 47.7 Å². The fourth-order valence-electron chi connectivity index (χ4n) is 1.42. The molecule has 16 heavy (non-hydrogen) atoms. The van der Waals surface area contributed by atoms with Gasteiger partial charge in [0.1, 0.15) is 5.54 Å². The predicted octanol–water partition coefficient (Wildman–Crippen LogP) is 1.56. The van der Waals surface area contributed by atoms with E-state index in [0.717, 1.165) is 0 Å². The number of carboxylic acid groups (broad SMARTS) is 1. The van der Waals surface area contributed by atoms with Gasteiger partial charge >= 0.3 is 5.97 Å². The van der Waals surface area contributed by atoms with E-state index in [9.17, 15) is 9.90 Å². The van der Waals surface area contributed by atoms with Crippen molar-refractivity contribution in [3.8, 4) is 0 Å². The number of hydrogen-bond acceptors (Lipinski definition) is 3. The minimum atomic E-state index is -0.784. The summed E-state index contributed by atoms with van der Waals surface area (Å²) in [5.41, 5.74) is -0.835. The summed E-state index contributed by atoms with van der Waals surface area (Å²) < 4.78 is 0. The SMILES string of the molecule is CCC(CC)(NCC(C)(C)N(C)C)C(=O)O. The first-order valence-corrected chi connectivity index (χ1v) is 5.87. The van der Waals surface area contributed by atoms with Crippen LogP contribution >= 0.6 is 0 Å². The molecule has 0 unspecified atom stereocenters. The van der Waals surface area contributed by atoms with E-state index in [-0.39, 0.29) is 5.54 Å². The Morgan fingerprint density at radius 2 is 1.69 bits per heavy atom. The summed E-state index contributed by atoms with van der Waals surface area (Å²) in [7, 11) is 4.00. The van der Waals surface area contributed by atoms with Crippen molar-refractivity contribution < 1.29 is 9.90 Å². The van der Waals surface area contributed by atoms with E-state index in [2.05, 4.69) is 24.1 Å². The number of nitrogens with zero attached hydrogens (tertiary/aromatic N) is 1. The molecule has 0 aromatic heterocycles. The lowest BCUT2D eigenvalue weighted by molar-refractivity contribution is -0.145. The van der Waals surface area contributed by atoms with E-state index in [0.29, 0.717) is 19.4 Å². The Hall–Kier alpha value is -0.610. The summed E-state index contributed by atoms with van der Waals surface area (Å²) >= 11 is 0. The molecule has 0 spiro atoms. The summed E-state index contributed by atoms with van der Waals surface area (Å²) in [4.78, 5) is 13.4. The first kappa shape index (κ1) is 15.4. The zero-order chi connectivity index (χ0) is 13.0. The van der Waals surface area contributed by atoms with Crippen LogP contribution in [0.5, 0.6) is 0 Å². The molecule has 0 aromatic rings. The third kappa shape index (κ3) is 3.46. The maximum atomic E-state index is 11.3. The van der Waals surface area contributed by atoms with Gasteiger partial charge in [0, 0.05) is 12.1 Å². The van der Waals surface area contributed by atoms with Gasteiger partial charge in [0.2, 0.25) is 0 Å². The molecule has 4 nitrogen and oxygen atoms in total. The Balaban J connectivity index is 4.62. The van der Waals surface area contributed by atoms with Crippen LogP contribution in [0.4, 0.5) is 0 Å². The fraction of sp³-hybridized carbons (Fsp3) is 0.917. The van der Waals surface area contributed by atoms with Gasteiger partial charge in [-0.2, -0.15) is 0 Å². The largest absolute Gasteiger partial charge is 0.480 e. The molecule has 0 bridgehead atoms. The molecule has 0 rings (SSSR count). The van der Waals surface area contributed by atoms with Crippen LogP contribution in [0.1, 0.15) is 40.5 Å². The maximum absolute atomic E-state index is 11.3. The van der Waals surface area contributed by atoms with Crippen molar-refractivity contribution in [2.45, 2.75) is 51.6 Å². The van der Waals surface area contributed by atoms with Crippen molar-refractivity contribution in [3.05, 3.63) is 0 Å².